The first-order chi connectivity index (χ1) is 8.80. The molecule has 3 atom stereocenters. The van der Waals surface area contributed by atoms with Crippen molar-refractivity contribution in [2.24, 2.45) is 5.41 Å². The van der Waals surface area contributed by atoms with E-state index in [2.05, 4.69) is 5.32 Å². The molecule has 0 bridgehead atoms. The largest absolute Gasteiger partial charge is 0.342 e. The molecule has 2 aliphatic rings. The van der Waals surface area contributed by atoms with Gasteiger partial charge in [-0.05, 0) is 30.9 Å². The summed E-state index contributed by atoms with van der Waals surface area (Å²) >= 11 is 1.92. The molecule has 108 valence electrons. The highest BCUT2D eigenvalue weighted by Gasteiger charge is 2.44. The second-order valence-corrected chi connectivity index (χ2v) is 8.02. The molecular formula is C14H24N2O2S. The lowest BCUT2D eigenvalue weighted by Gasteiger charge is -2.43. The number of hydrogen-bond donors (Lipinski definition) is 1. The van der Waals surface area contributed by atoms with Gasteiger partial charge in [0.15, 0.2) is 0 Å². The van der Waals surface area contributed by atoms with E-state index in [9.17, 15) is 9.59 Å². The predicted octanol–water partition coefficient (Wildman–Crippen LogP) is 1.64. The zero-order valence-electron chi connectivity index (χ0n) is 12.2. The first-order valence-electron chi connectivity index (χ1n) is 7.03. The molecule has 2 rings (SSSR count). The lowest BCUT2D eigenvalue weighted by molar-refractivity contribution is -0.151. The molecule has 4 nitrogen and oxygen atoms in total. The van der Waals surface area contributed by atoms with E-state index < -0.39 is 6.04 Å². The molecule has 0 spiro atoms. The monoisotopic (exact) mass is 284 g/mol. The minimum Gasteiger partial charge on any atom is -0.342 e. The Morgan fingerprint density at radius 3 is 2.58 bits per heavy atom. The molecule has 0 aromatic heterocycles. The molecule has 0 saturated carbocycles. The number of thioether (sulfide) groups is 1. The van der Waals surface area contributed by atoms with E-state index in [1.807, 2.05) is 39.5 Å². The Morgan fingerprint density at radius 2 is 2.05 bits per heavy atom. The van der Waals surface area contributed by atoms with Crippen molar-refractivity contribution in [3.63, 3.8) is 0 Å². The maximum atomic E-state index is 12.6. The number of carbonyl (C=O) groups is 2. The molecule has 2 amide bonds. The Morgan fingerprint density at radius 1 is 1.37 bits per heavy atom. The Balaban J connectivity index is 2.14. The third-order valence-electron chi connectivity index (χ3n) is 3.95. The van der Waals surface area contributed by atoms with Crippen LogP contribution in [0, 0.1) is 5.41 Å². The van der Waals surface area contributed by atoms with Crippen LogP contribution in [0.4, 0.5) is 0 Å². The molecule has 2 heterocycles. The van der Waals surface area contributed by atoms with E-state index in [0.29, 0.717) is 11.8 Å². The van der Waals surface area contributed by atoms with E-state index in [4.69, 9.17) is 0 Å². The van der Waals surface area contributed by atoms with Gasteiger partial charge in [-0.15, -0.1) is 0 Å². The predicted molar refractivity (Wildman–Crippen MR) is 78.0 cm³/mol. The van der Waals surface area contributed by atoms with Crippen molar-refractivity contribution in [1.82, 2.24) is 10.2 Å². The van der Waals surface area contributed by atoms with Gasteiger partial charge in [-0.3, -0.25) is 9.59 Å². The summed E-state index contributed by atoms with van der Waals surface area (Å²) in [6.45, 7) is 8.52. The summed E-state index contributed by atoms with van der Waals surface area (Å²) in [7, 11) is 0. The van der Waals surface area contributed by atoms with Crippen LogP contribution in [0.3, 0.4) is 0 Å². The molecule has 19 heavy (non-hydrogen) atoms. The molecule has 0 aromatic rings. The second-order valence-electron chi connectivity index (χ2n) is 6.61. The van der Waals surface area contributed by atoms with Gasteiger partial charge in [0, 0.05) is 11.8 Å². The highest BCUT2D eigenvalue weighted by molar-refractivity contribution is 8.00. The average Bonchev–Trinajstić information content (AvgIpc) is 2.80. The third-order valence-corrected chi connectivity index (χ3v) is 5.33. The molecule has 0 aliphatic carbocycles. The van der Waals surface area contributed by atoms with Gasteiger partial charge in [-0.1, -0.05) is 20.8 Å². The van der Waals surface area contributed by atoms with Crippen LogP contribution in [0.1, 0.15) is 40.5 Å². The van der Waals surface area contributed by atoms with Crippen molar-refractivity contribution in [1.29, 1.82) is 0 Å². The Kier molecular flexibility index (Phi) is 4.14. The molecule has 2 aliphatic heterocycles. The van der Waals surface area contributed by atoms with E-state index in [1.54, 1.807) is 4.90 Å². The molecule has 2 fully saturated rings. The topological polar surface area (TPSA) is 49.4 Å². The van der Waals surface area contributed by atoms with Gasteiger partial charge in [-0.2, -0.15) is 11.8 Å². The van der Waals surface area contributed by atoms with Crippen LogP contribution < -0.4 is 5.32 Å². The smallest absolute Gasteiger partial charge is 0.246 e. The second kappa shape index (κ2) is 5.35. The Hall–Kier alpha value is -0.710. The van der Waals surface area contributed by atoms with Gasteiger partial charge in [0.05, 0.1) is 0 Å². The Labute approximate surface area is 119 Å². The van der Waals surface area contributed by atoms with Crippen LogP contribution in [0.25, 0.3) is 0 Å². The zero-order valence-corrected chi connectivity index (χ0v) is 13.0. The number of rotatable bonds is 2. The molecule has 0 radical (unpaired) electrons. The molecule has 1 N–H and O–H groups in total. The van der Waals surface area contributed by atoms with Gasteiger partial charge >= 0.3 is 0 Å². The van der Waals surface area contributed by atoms with Crippen LogP contribution in [-0.2, 0) is 9.59 Å². The van der Waals surface area contributed by atoms with E-state index in [0.717, 1.165) is 6.42 Å². The van der Waals surface area contributed by atoms with Crippen LogP contribution in [-0.4, -0.2) is 46.3 Å². The van der Waals surface area contributed by atoms with Crippen LogP contribution in [0.5, 0.6) is 0 Å². The van der Waals surface area contributed by atoms with Crippen LogP contribution in [0.15, 0.2) is 0 Å². The van der Waals surface area contributed by atoms with E-state index in [-0.39, 0.29) is 23.3 Å². The van der Waals surface area contributed by atoms with Crippen LogP contribution in [0.2, 0.25) is 0 Å². The minimum absolute atomic E-state index is 0.0254. The molecule has 5 heteroatoms. The number of nitrogens with one attached hydrogen (secondary N) is 1. The number of hydrogen-bond acceptors (Lipinski definition) is 3. The van der Waals surface area contributed by atoms with Crippen molar-refractivity contribution in [3.05, 3.63) is 0 Å². The molecule has 0 aromatic carbocycles. The fourth-order valence-electron chi connectivity index (χ4n) is 2.67. The van der Waals surface area contributed by atoms with Crippen molar-refractivity contribution in [2.45, 2.75) is 57.9 Å². The fourth-order valence-corrected chi connectivity index (χ4v) is 3.93. The van der Waals surface area contributed by atoms with Gasteiger partial charge in [-0.25, -0.2) is 0 Å². The van der Waals surface area contributed by atoms with Crippen molar-refractivity contribution >= 4 is 23.6 Å². The normalized spacial score (nSPS) is 32.6. The highest BCUT2D eigenvalue weighted by Crippen LogP contribution is 2.30. The summed E-state index contributed by atoms with van der Waals surface area (Å²) in [5.41, 5.74) is -0.242. The number of nitrogens with zero attached hydrogens (tertiary/aromatic N) is 1. The Bertz CT molecular complexity index is 372. The maximum absolute atomic E-state index is 12.6. The number of piperazine rings is 1. The summed E-state index contributed by atoms with van der Waals surface area (Å²) in [6, 6.07) is -0.741. The van der Waals surface area contributed by atoms with Crippen LogP contribution >= 0.6 is 11.8 Å². The standard InChI is InChI=1S/C14H24N2O2S/c1-9-12(17)15-11(14(2,3)4)13(18)16(9)8-10-6-5-7-19-10/h9-11H,5-8H2,1-4H3,(H,15,17). The van der Waals surface area contributed by atoms with Gasteiger partial charge < -0.3 is 10.2 Å². The van der Waals surface area contributed by atoms with Gasteiger partial charge in [0.1, 0.15) is 12.1 Å². The minimum atomic E-state index is -0.400. The lowest BCUT2D eigenvalue weighted by Crippen LogP contribution is -2.66. The van der Waals surface area contributed by atoms with E-state index in [1.165, 1.54) is 12.2 Å². The molecule has 2 saturated heterocycles. The fraction of sp³-hybridized carbons (Fsp3) is 0.857. The lowest BCUT2D eigenvalue weighted by atomic mass is 9.84. The summed E-state index contributed by atoms with van der Waals surface area (Å²) in [5, 5.41) is 3.37. The first-order valence-corrected chi connectivity index (χ1v) is 8.08. The molecule has 3 unspecified atom stereocenters. The summed E-state index contributed by atoms with van der Waals surface area (Å²) in [6.07, 6.45) is 2.38. The first kappa shape index (κ1) is 14.7. The van der Waals surface area contributed by atoms with Gasteiger partial charge in [0.2, 0.25) is 11.8 Å². The summed E-state index contributed by atoms with van der Waals surface area (Å²) in [4.78, 5) is 26.5. The third kappa shape index (κ3) is 3.07. The average molecular weight is 284 g/mol. The summed E-state index contributed by atoms with van der Waals surface area (Å²) in [5.74, 6) is 1.23. The SMILES string of the molecule is CC1C(=O)NC(C(C)(C)C)C(=O)N1CC1CCCS1. The number of amides is 2. The number of carbonyl (C=O) groups excluding carboxylic acids is 2. The summed E-state index contributed by atoms with van der Waals surface area (Å²) < 4.78 is 0. The van der Waals surface area contributed by atoms with Crippen molar-refractivity contribution in [3.8, 4) is 0 Å². The molecular weight excluding hydrogens is 260 g/mol. The van der Waals surface area contributed by atoms with Crippen molar-refractivity contribution < 1.29 is 9.59 Å². The zero-order chi connectivity index (χ0) is 14.2. The quantitative estimate of drug-likeness (QED) is 0.839. The van der Waals surface area contributed by atoms with Gasteiger partial charge in [0.25, 0.3) is 0 Å². The maximum Gasteiger partial charge on any atom is 0.246 e. The van der Waals surface area contributed by atoms with Crippen molar-refractivity contribution in [2.75, 3.05) is 12.3 Å². The van der Waals surface area contributed by atoms with E-state index >= 15 is 0 Å². The highest BCUT2D eigenvalue weighted by atomic mass is 32.2.